The zero-order chi connectivity index (χ0) is 24.4. The maximum absolute atomic E-state index is 13.3. The minimum atomic E-state index is -0.311. The van der Waals surface area contributed by atoms with Gasteiger partial charge in [0.05, 0.1) is 11.2 Å². The standard InChI is InChI=1S/C25H25Cl2N5O2/c1-29(2)9-14-32-22-8-7-19(27)15-20(22)23(21(16-28)25(32)34)30-10-12-31(13-11-30)24(33)17-3-5-18(26)6-4-17/h3-8,15H,9-14H2,1-2H3. The third-order valence-corrected chi connectivity index (χ3v) is 6.54. The summed E-state index contributed by atoms with van der Waals surface area (Å²) in [6.45, 7) is 3.05. The molecule has 1 aliphatic heterocycles. The quantitative estimate of drug-likeness (QED) is 0.537. The second-order valence-corrected chi connectivity index (χ2v) is 9.42. The summed E-state index contributed by atoms with van der Waals surface area (Å²) in [5.41, 5.74) is 1.70. The van der Waals surface area contributed by atoms with Gasteiger partial charge in [-0.2, -0.15) is 5.26 Å². The van der Waals surface area contributed by atoms with Gasteiger partial charge in [0.15, 0.2) is 0 Å². The number of hydrogen-bond donors (Lipinski definition) is 0. The summed E-state index contributed by atoms with van der Waals surface area (Å²) in [6, 6.07) is 14.4. The van der Waals surface area contributed by atoms with Crippen molar-refractivity contribution in [2.24, 2.45) is 0 Å². The summed E-state index contributed by atoms with van der Waals surface area (Å²) in [7, 11) is 3.88. The number of nitrogens with zero attached hydrogens (tertiary/aromatic N) is 5. The lowest BCUT2D eigenvalue weighted by atomic mass is 10.1. The number of pyridine rings is 1. The molecule has 0 N–H and O–H groups in total. The second kappa shape index (κ2) is 10.1. The normalized spacial score (nSPS) is 14.0. The molecular formula is C25H25Cl2N5O2. The lowest BCUT2D eigenvalue weighted by Crippen LogP contribution is -2.49. The highest BCUT2D eigenvalue weighted by atomic mass is 35.5. The van der Waals surface area contributed by atoms with Crippen molar-refractivity contribution in [2.75, 3.05) is 51.7 Å². The fourth-order valence-corrected chi connectivity index (χ4v) is 4.57. The van der Waals surface area contributed by atoms with Gasteiger partial charge in [0.25, 0.3) is 11.5 Å². The SMILES string of the molecule is CN(C)CCn1c(=O)c(C#N)c(N2CCN(C(=O)c3ccc(Cl)cc3)CC2)c2cc(Cl)ccc21. The van der Waals surface area contributed by atoms with Crippen molar-refractivity contribution < 1.29 is 4.79 Å². The molecule has 9 heteroatoms. The topological polar surface area (TPSA) is 72.6 Å². The average Bonchev–Trinajstić information content (AvgIpc) is 2.83. The summed E-state index contributed by atoms with van der Waals surface area (Å²) < 4.78 is 1.65. The van der Waals surface area contributed by atoms with E-state index in [0.29, 0.717) is 60.6 Å². The monoisotopic (exact) mass is 497 g/mol. The lowest BCUT2D eigenvalue weighted by Gasteiger charge is -2.37. The van der Waals surface area contributed by atoms with Crippen molar-refractivity contribution in [1.82, 2.24) is 14.4 Å². The largest absolute Gasteiger partial charge is 0.366 e. The Morgan fingerprint density at radius 3 is 2.29 bits per heavy atom. The Kier molecular flexibility index (Phi) is 7.13. The van der Waals surface area contributed by atoms with E-state index in [0.717, 1.165) is 10.9 Å². The molecule has 0 saturated carbocycles. The van der Waals surface area contributed by atoms with Gasteiger partial charge < -0.3 is 19.3 Å². The van der Waals surface area contributed by atoms with Crippen molar-refractivity contribution in [2.45, 2.75) is 6.54 Å². The van der Waals surface area contributed by atoms with Crippen LogP contribution in [0.3, 0.4) is 0 Å². The number of anilines is 1. The molecule has 3 aromatic rings. The third-order valence-electron chi connectivity index (χ3n) is 6.06. The molecule has 0 bridgehead atoms. The highest BCUT2D eigenvalue weighted by molar-refractivity contribution is 6.31. The number of fused-ring (bicyclic) bond motifs is 1. The molecule has 2 heterocycles. The zero-order valence-electron chi connectivity index (χ0n) is 19.1. The number of aromatic nitrogens is 1. The van der Waals surface area contributed by atoms with Gasteiger partial charge in [0.2, 0.25) is 0 Å². The van der Waals surface area contributed by atoms with E-state index in [1.165, 1.54) is 0 Å². The molecule has 0 unspecified atom stereocenters. The van der Waals surface area contributed by atoms with Crippen LogP contribution in [0.1, 0.15) is 15.9 Å². The third kappa shape index (κ3) is 4.76. The Balaban J connectivity index is 1.68. The van der Waals surface area contributed by atoms with Crippen LogP contribution in [0.25, 0.3) is 10.9 Å². The van der Waals surface area contributed by atoms with Gasteiger partial charge in [0.1, 0.15) is 11.6 Å². The van der Waals surface area contributed by atoms with Gasteiger partial charge in [0, 0.05) is 60.3 Å². The van der Waals surface area contributed by atoms with E-state index in [4.69, 9.17) is 23.2 Å². The number of piperazine rings is 1. The predicted molar refractivity (Wildman–Crippen MR) is 136 cm³/mol. The molecule has 4 rings (SSSR count). The fourth-order valence-electron chi connectivity index (χ4n) is 4.27. The summed E-state index contributed by atoms with van der Waals surface area (Å²) >= 11 is 12.3. The molecule has 176 valence electrons. The molecular weight excluding hydrogens is 473 g/mol. The van der Waals surface area contributed by atoms with Gasteiger partial charge in [-0.3, -0.25) is 9.59 Å². The van der Waals surface area contributed by atoms with Crippen LogP contribution in [-0.2, 0) is 6.54 Å². The maximum atomic E-state index is 13.3. The minimum absolute atomic E-state index is 0.0659. The Morgan fingerprint density at radius 1 is 1.03 bits per heavy atom. The minimum Gasteiger partial charge on any atom is -0.366 e. The van der Waals surface area contributed by atoms with E-state index in [1.54, 1.807) is 39.8 Å². The molecule has 0 radical (unpaired) electrons. The first kappa shape index (κ1) is 24.1. The number of halogens is 2. The first-order valence-electron chi connectivity index (χ1n) is 11.0. The number of hydrogen-bond acceptors (Lipinski definition) is 5. The van der Waals surface area contributed by atoms with Crippen LogP contribution in [0, 0.1) is 11.3 Å². The van der Waals surface area contributed by atoms with Crippen LogP contribution in [0.4, 0.5) is 5.69 Å². The molecule has 0 aliphatic carbocycles. The highest BCUT2D eigenvalue weighted by Crippen LogP contribution is 2.32. The molecule has 0 atom stereocenters. The highest BCUT2D eigenvalue weighted by Gasteiger charge is 2.27. The summed E-state index contributed by atoms with van der Waals surface area (Å²) in [5.74, 6) is -0.0659. The lowest BCUT2D eigenvalue weighted by molar-refractivity contribution is 0.0747. The molecule has 0 spiro atoms. The Labute approximate surface area is 208 Å². The number of rotatable bonds is 5. The summed E-state index contributed by atoms with van der Waals surface area (Å²) in [5, 5.41) is 11.8. The molecule has 1 aromatic heterocycles. The van der Waals surface area contributed by atoms with Crippen molar-refractivity contribution in [3.63, 3.8) is 0 Å². The van der Waals surface area contributed by atoms with Crippen LogP contribution in [0.5, 0.6) is 0 Å². The van der Waals surface area contributed by atoms with E-state index < -0.39 is 0 Å². The van der Waals surface area contributed by atoms with E-state index in [9.17, 15) is 14.9 Å². The average molecular weight is 498 g/mol. The van der Waals surface area contributed by atoms with Gasteiger partial charge in [-0.15, -0.1) is 0 Å². The molecule has 1 saturated heterocycles. The van der Waals surface area contributed by atoms with E-state index in [-0.39, 0.29) is 17.0 Å². The van der Waals surface area contributed by atoms with Gasteiger partial charge in [-0.25, -0.2) is 0 Å². The van der Waals surface area contributed by atoms with Gasteiger partial charge >= 0.3 is 0 Å². The predicted octanol–water partition coefficient (Wildman–Crippen LogP) is 3.70. The van der Waals surface area contributed by atoms with Crippen LogP contribution in [0.15, 0.2) is 47.3 Å². The van der Waals surface area contributed by atoms with Crippen LogP contribution >= 0.6 is 23.2 Å². The number of nitriles is 1. The first-order valence-corrected chi connectivity index (χ1v) is 11.8. The smallest absolute Gasteiger partial charge is 0.271 e. The Bertz CT molecular complexity index is 1320. The molecule has 1 fully saturated rings. The zero-order valence-corrected chi connectivity index (χ0v) is 20.6. The van der Waals surface area contributed by atoms with Gasteiger partial charge in [-0.1, -0.05) is 23.2 Å². The molecule has 1 aliphatic rings. The first-order chi connectivity index (χ1) is 16.3. The second-order valence-electron chi connectivity index (χ2n) is 8.54. The van der Waals surface area contributed by atoms with Gasteiger partial charge in [-0.05, 0) is 56.6 Å². The number of amides is 1. The molecule has 7 nitrogen and oxygen atoms in total. The van der Waals surface area contributed by atoms with Crippen molar-refractivity contribution in [3.8, 4) is 6.07 Å². The van der Waals surface area contributed by atoms with Crippen LogP contribution in [-0.4, -0.2) is 67.1 Å². The Hall–Kier alpha value is -3.05. The van der Waals surface area contributed by atoms with E-state index in [1.807, 2.05) is 36.0 Å². The number of carbonyl (C=O) groups excluding carboxylic acids is 1. The molecule has 1 amide bonds. The molecule has 34 heavy (non-hydrogen) atoms. The number of carbonyl (C=O) groups is 1. The van der Waals surface area contributed by atoms with E-state index in [2.05, 4.69) is 6.07 Å². The van der Waals surface area contributed by atoms with Crippen molar-refractivity contribution in [1.29, 1.82) is 5.26 Å². The Morgan fingerprint density at radius 2 is 1.68 bits per heavy atom. The van der Waals surface area contributed by atoms with Crippen molar-refractivity contribution in [3.05, 3.63) is 74.0 Å². The summed E-state index contributed by atoms with van der Waals surface area (Å²) in [4.78, 5) is 32.0. The van der Waals surface area contributed by atoms with Crippen LogP contribution < -0.4 is 10.5 Å². The maximum Gasteiger partial charge on any atom is 0.271 e. The van der Waals surface area contributed by atoms with E-state index >= 15 is 0 Å². The van der Waals surface area contributed by atoms with Crippen molar-refractivity contribution >= 4 is 45.7 Å². The fraction of sp³-hybridized carbons (Fsp3) is 0.320. The number of benzene rings is 2. The molecule has 2 aromatic carbocycles. The van der Waals surface area contributed by atoms with Crippen LogP contribution in [0.2, 0.25) is 10.0 Å². The number of likely N-dealkylation sites (N-methyl/N-ethyl adjacent to an activating group) is 1. The summed E-state index contributed by atoms with van der Waals surface area (Å²) in [6.07, 6.45) is 0.